The zero-order valence-corrected chi connectivity index (χ0v) is 12.3. The Morgan fingerprint density at radius 1 is 1.38 bits per heavy atom. The molecule has 3 rings (SSSR count). The van der Waals surface area contributed by atoms with Crippen molar-refractivity contribution in [2.75, 3.05) is 12.9 Å². The Hall–Kier alpha value is -1.21. The van der Waals surface area contributed by atoms with Crippen molar-refractivity contribution >= 4 is 9.84 Å². The first-order chi connectivity index (χ1) is 9.70. The molecule has 0 unspecified atom stereocenters. The average molecular weight is 318 g/mol. The number of fused-ring (bicyclic) bond motifs is 1. The van der Waals surface area contributed by atoms with Gasteiger partial charge in [-0.2, -0.15) is 0 Å². The molecule has 0 saturated heterocycles. The molecule has 21 heavy (non-hydrogen) atoms. The minimum atomic E-state index is -3.70. The number of sulfone groups is 1. The molecule has 116 valence electrons. The maximum atomic E-state index is 13.8. The van der Waals surface area contributed by atoms with E-state index in [1.54, 1.807) is 0 Å². The molecule has 7 heteroatoms. The van der Waals surface area contributed by atoms with E-state index in [-0.39, 0.29) is 21.8 Å². The third-order valence-corrected chi connectivity index (χ3v) is 5.09. The monoisotopic (exact) mass is 318 g/mol. The summed E-state index contributed by atoms with van der Waals surface area (Å²) in [6.07, 6.45) is 0.246. The van der Waals surface area contributed by atoms with Gasteiger partial charge in [-0.05, 0) is 30.9 Å². The van der Waals surface area contributed by atoms with Gasteiger partial charge in [-0.1, -0.05) is 0 Å². The van der Waals surface area contributed by atoms with Crippen molar-refractivity contribution in [1.82, 2.24) is 0 Å². The molecule has 0 aliphatic heterocycles. The molecular formula is C14H16F2O4S. The standard InChI is InChI=1S/C14H16F2O4S/c1-21(18,19)11-5-4-10(20-7-8-2-3-8)9-6-14(15,16)13(17)12(9)11/h4-5,8,13,17H,2-3,6-7H2,1H3/t13-/m0/s1. The summed E-state index contributed by atoms with van der Waals surface area (Å²) in [5.41, 5.74) is -0.105. The smallest absolute Gasteiger partial charge is 0.281 e. The second-order valence-corrected chi connectivity index (χ2v) is 7.81. The van der Waals surface area contributed by atoms with Crippen LogP contribution in [0.2, 0.25) is 0 Å². The second kappa shape index (κ2) is 4.64. The van der Waals surface area contributed by atoms with E-state index < -0.39 is 28.3 Å². The maximum absolute atomic E-state index is 13.8. The van der Waals surface area contributed by atoms with Crippen molar-refractivity contribution in [1.29, 1.82) is 0 Å². The van der Waals surface area contributed by atoms with E-state index in [4.69, 9.17) is 4.74 Å². The fourth-order valence-corrected chi connectivity index (χ4v) is 3.55. The minimum absolute atomic E-state index is 0.107. The first-order valence-electron chi connectivity index (χ1n) is 6.74. The quantitative estimate of drug-likeness (QED) is 0.923. The van der Waals surface area contributed by atoms with E-state index >= 15 is 0 Å². The van der Waals surface area contributed by atoms with Gasteiger partial charge in [0.1, 0.15) is 11.9 Å². The van der Waals surface area contributed by atoms with E-state index in [0.717, 1.165) is 19.1 Å². The highest BCUT2D eigenvalue weighted by Gasteiger charge is 2.50. The Morgan fingerprint density at radius 2 is 2.05 bits per heavy atom. The molecule has 1 N–H and O–H groups in total. The predicted molar refractivity (Wildman–Crippen MR) is 71.4 cm³/mol. The van der Waals surface area contributed by atoms with Crippen molar-refractivity contribution in [2.45, 2.75) is 36.2 Å². The number of aliphatic hydroxyl groups is 1. The summed E-state index contributed by atoms with van der Waals surface area (Å²) in [6, 6.07) is 2.65. The molecule has 2 aliphatic rings. The average Bonchev–Trinajstić information content (AvgIpc) is 3.14. The van der Waals surface area contributed by atoms with Crippen LogP contribution in [0.3, 0.4) is 0 Å². The summed E-state index contributed by atoms with van der Waals surface area (Å²) in [5.74, 6) is -2.68. The van der Waals surface area contributed by atoms with Crippen LogP contribution in [-0.4, -0.2) is 32.3 Å². The van der Waals surface area contributed by atoms with Crippen molar-refractivity contribution in [3.8, 4) is 5.75 Å². The lowest BCUT2D eigenvalue weighted by Gasteiger charge is -2.15. The lowest BCUT2D eigenvalue weighted by atomic mass is 10.1. The molecule has 0 radical (unpaired) electrons. The first-order valence-corrected chi connectivity index (χ1v) is 8.64. The summed E-state index contributed by atoms with van der Waals surface area (Å²) < 4.78 is 56.6. The number of hydrogen-bond acceptors (Lipinski definition) is 4. The Balaban J connectivity index is 2.07. The Bertz CT molecular complexity index is 680. The predicted octanol–water partition coefficient (Wildman–Crippen LogP) is 2.10. The SMILES string of the molecule is CS(=O)(=O)c1ccc(OCC2CC2)c2c1[C@H](O)C(F)(F)C2. The fraction of sp³-hybridized carbons (Fsp3) is 0.571. The van der Waals surface area contributed by atoms with Crippen LogP contribution in [0.25, 0.3) is 0 Å². The normalized spacial score (nSPS) is 23.9. The number of rotatable bonds is 4. The van der Waals surface area contributed by atoms with Gasteiger partial charge in [-0.15, -0.1) is 0 Å². The lowest BCUT2D eigenvalue weighted by Crippen LogP contribution is -2.22. The van der Waals surface area contributed by atoms with Crippen molar-refractivity contribution in [3.05, 3.63) is 23.3 Å². The minimum Gasteiger partial charge on any atom is -0.493 e. The van der Waals surface area contributed by atoms with Crippen LogP contribution >= 0.6 is 0 Å². The van der Waals surface area contributed by atoms with Gasteiger partial charge in [0.2, 0.25) is 0 Å². The van der Waals surface area contributed by atoms with Crippen LogP contribution in [-0.2, 0) is 16.3 Å². The fourth-order valence-electron chi connectivity index (χ4n) is 2.60. The molecule has 2 aliphatic carbocycles. The Kier molecular flexibility index (Phi) is 3.25. The van der Waals surface area contributed by atoms with Crippen LogP contribution in [0.5, 0.6) is 5.75 Å². The van der Waals surface area contributed by atoms with Crippen LogP contribution in [0.4, 0.5) is 8.78 Å². The Labute approximate surface area is 121 Å². The topological polar surface area (TPSA) is 63.6 Å². The van der Waals surface area contributed by atoms with E-state index in [0.29, 0.717) is 12.5 Å². The zero-order valence-electron chi connectivity index (χ0n) is 11.5. The number of benzene rings is 1. The summed E-state index contributed by atoms with van der Waals surface area (Å²) in [7, 11) is -3.70. The van der Waals surface area contributed by atoms with Gasteiger partial charge >= 0.3 is 0 Å². The van der Waals surface area contributed by atoms with Crippen LogP contribution in [0, 0.1) is 5.92 Å². The van der Waals surface area contributed by atoms with Crippen LogP contribution in [0.1, 0.15) is 30.1 Å². The molecule has 0 amide bonds. The third kappa shape index (κ3) is 2.64. The maximum Gasteiger partial charge on any atom is 0.281 e. The molecule has 0 spiro atoms. The highest BCUT2D eigenvalue weighted by molar-refractivity contribution is 7.90. The van der Waals surface area contributed by atoms with Crippen LogP contribution in [0.15, 0.2) is 17.0 Å². The van der Waals surface area contributed by atoms with Crippen LogP contribution < -0.4 is 4.74 Å². The molecule has 1 fully saturated rings. The van der Waals surface area contributed by atoms with Crippen molar-refractivity contribution in [3.63, 3.8) is 0 Å². The summed E-state index contributed by atoms with van der Waals surface area (Å²) in [4.78, 5) is -0.249. The number of halogens is 2. The van der Waals surface area contributed by atoms with Gasteiger partial charge in [0, 0.05) is 23.8 Å². The summed E-state index contributed by atoms with van der Waals surface area (Å²) in [6.45, 7) is 0.437. The highest BCUT2D eigenvalue weighted by Crippen LogP contribution is 2.49. The molecule has 0 heterocycles. The first kappa shape index (κ1) is 14.7. The number of hydrogen-bond donors (Lipinski definition) is 1. The second-order valence-electron chi connectivity index (χ2n) is 5.82. The molecule has 1 saturated carbocycles. The third-order valence-electron chi connectivity index (χ3n) is 3.93. The van der Waals surface area contributed by atoms with Gasteiger partial charge in [-0.25, -0.2) is 17.2 Å². The van der Waals surface area contributed by atoms with Gasteiger partial charge in [0.25, 0.3) is 5.92 Å². The highest BCUT2D eigenvalue weighted by atomic mass is 32.2. The van der Waals surface area contributed by atoms with Crippen molar-refractivity contribution in [2.24, 2.45) is 5.92 Å². The number of alkyl halides is 2. The van der Waals surface area contributed by atoms with E-state index in [1.165, 1.54) is 12.1 Å². The zero-order chi connectivity index (χ0) is 15.4. The molecular weight excluding hydrogens is 302 g/mol. The van der Waals surface area contributed by atoms with E-state index in [9.17, 15) is 22.3 Å². The molecule has 0 bridgehead atoms. The molecule has 4 nitrogen and oxygen atoms in total. The van der Waals surface area contributed by atoms with Gasteiger partial charge in [0.15, 0.2) is 9.84 Å². The van der Waals surface area contributed by atoms with E-state index in [1.807, 2.05) is 0 Å². The number of ether oxygens (including phenoxy) is 1. The number of aliphatic hydroxyl groups excluding tert-OH is 1. The van der Waals surface area contributed by atoms with Gasteiger partial charge in [-0.3, -0.25) is 0 Å². The lowest BCUT2D eigenvalue weighted by molar-refractivity contribution is -0.0976. The molecule has 1 atom stereocenters. The summed E-state index contributed by atoms with van der Waals surface area (Å²) >= 11 is 0. The molecule has 0 aromatic heterocycles. The molecule has 1 aromatic carbocycles. The summed E-state index contributed by atoms with van der Waals surface area (Å²) in [5, 5.41) is 9.80. The molecule has 1 aromatic rings. The van der Waals surface area contributed by atoms with E-state index in [2.05, 4.69) is 0 Å². The van der Waals surface area contributed by atoms with Gasteiger partial charge in [0.05, 0.1) is 11.5 Å². The van der Waals surface area contributed by atoms with Crippen molar-refractivity contribution < 1.29 is 27.0 Å². The largest absolute Gasteiger partial charge is 0.493 e. The Morgan fingerprint density at radius 3 is 2.62 bits per heavy atom. The van der Waals surface area contributed by atoms with Gasteiger partial charge < -0.3 is 9.84 Å².